The Labute approximate surface area is 106 Å². The van der Waals surface area contributed by atoms with Crippen LogP contribution in [0.2, 0.25) is 0 Å². The highest BCUT2D eigenvalue weighted by Crippen LogP contribution is 2.14. The first-order chi connectivity index (χ1) is 8.21. The number of hydrogen-bond acceptors (Lipinski definition) is 2. The molecule has 0 unspecified atom stereocenters. The minimum atomic E-state index is -0.573. The maximum atomic E-state index is 13.5. The smallest absolute Gasteiger partial charge is 0.254 e. The van der Waals surface area contributed by atoms with Crippen molar-refractivity contribution in [1.82, 2.24) is 5.32 Å². The zero-order chi connectivity index (χ0) is 13.9. The number of Topliss-reactive ketones (excluding diaryl/α,β-unsaturated/α-hetero) is 1. The van der Waals surface area contributed by atoms with Gasteiger partial charge in [-0.2, -0.15) is 0 Å². The van der Waals surface area contributed by atoms with E-state index < -0.39 is 17.1 Å². The molecular formula is C14H18FNO2. The zero-order valence-corrected chi connectivity index (χ0v) is 11.1. The van der Waals surface area contributed by atoms with Crippen LogP contribution in [0.4, 0.5) is 4.39 Å². The summed E-state index contributed by atoms with van der Waals surface area (Å²) < 4.78 is 13.5. The van der Waals surface area contributed by atoms with Crippen LogP contribution in [0.1, 0.15) is 36.7 Å². The average Bonchev–Trinajstić information content (AvgIpc) is 2.24. The molecule has 1 aromatic carbocycles. The Morgan fingerprint density at radius 2 is 1.89 bits per heavy atom. The average molecular weight is 251 g/mol. The lowest BCUT2D eigenvalue weighted by molar-refractivity contribution is -0.125. The van der Waals surface area contributed by atoms with Gasteiger partial charge in [-0.1, -0.05) is 26.8 Å². The van der Waals surface area contributed by atoms with Gasteiger partial charge in [-0.3, -0.25) is 9.59 Å². The van der Waals surface area contributed by atoms with Crippen LogP contribution in [0.15, 0.2) is 18.2 Å². The van der Waals surface area contributed by atoms with E-state index >= 15 is 0 Å². The van der Waals surface area contributed by atoms with E-state index in [4.69, 9.17) is 0 Å². The molecule has 0 aliphatic rings. The number of benzene rings is 1. The Hall–Kier alpha value is -1.71. The summed E-state index contributed by atoms with van der Waals surface area (Å²) >= 11 is 0. The first-order valence-electron chi connectivity index (χ1n) is 5.79. The standard InChI is InChI=1S/C14H18FNO2/c1-9-5-6-10(11(15)7-9)13(18)16-8-12(17)14(2,3)4/h5-7H,8H2,1-4H3,(H,16,18). The molecule has 3 nitrogen and oxygen atoms in total. The van der Waals surface area contributed by atoms with Crippen molar-refractivity contribution in [1.29, 1.82) is 0 Å². The van der Waals surface area contributed by atoms with Crippen molar-refractivity contribution in [3.8, 4) is 0 Å². The lowest BCUT2D eigenvalue weighted by atomic mass is 9.91. The van der Waals surface area contributed by atoms with E-state index in [0.29, 0.717) is 0 Å². The maximum Gasteiger partial charge on any atom is 0.254 e. The first-order valence-corrected chi connectivity index (χ1v) is 5.79. The maximum absolute atomic E-state index is 13.5. The molecule has 0 fully saturated rings. The van der Waals surface area contributed by atoms with Crippen LogP contribution in [0, 0.1) is 18.2 Å². The highest BCUT2D eigenvalue weighted by atomic mass is 19.1. The van der Waals surface area contributed by atoms with Crippen molar-refractivity contribution in [2.45, 2.75) is 27.7 Å². The van der Waals surface area contributed by atoms with Crippen LogP contribution in [0.3, 0.4) is 0 Å². The first kappa shape index (κ1) is 14.4. The molecular weight excluding hydrogens is 233 g/mol. The summed E-state index contributed by atoms with van der Waals surface area (Å²) in [7, 11) is 0. The molecule has 0 aromatic heterocycles. The third kappa shape index (κ3) is 3.65. The lowest BCUT2D eigenvalue weighted by Crippen LogP contribution is -2.35. The molecule has 0 bridgehead atoms. The minimum absolute atomic E-state index is 0.0395. The zero-order valence-electron chi connectivity index (χ0n) is 11.1. The SMILES string of the molecule is Cc1ccc(C(=O)NCC(=O)C(C)(C)C)c(F)c1. The van der Waals surface area contributed by atoms with Gasteiger partial charge in [-0.25, -0.2) is 4.39 Å². The van der Waals surface area contributed by atoms with E-state index in [1.807, 2.05) is 0 Å². The molecule has 4 heteroatoms. The van der Waals surface area contributed by atoms with Gasteiger partial charge in [0, 0.05) is 5.41 Å². The van der Waals surface area contributed by atoms with Gasteiger partial charge in [-0.05, 0) is 24.6 Å². The van der Waals surface area contributed by atoms with Crippen LogP contribution in [-0.4, -0.2) is 18.2 Å². The van der Waals surface area contributed by atoms with Gasteiger partial charge >= 0.3 is 0 Å². The predicted molar refractivity (Wildman–Crippen MR) is 67.9 cm³/mol. The number of halogens is 1. The molecule has 0 spiro atoms. The fourth-order valence-electron chi connectivity index (χ4n) is 1.33. The van der Waals surface area contributed by atoms with Gasteiger partial charge in [0.05, 0.1) is 12.1 Å². The van der Waals surface area contributed by atoms with Gasteiger partial charge in [0.15, 0.2) is 5.78 Å². The van der Waals surface area contributed by atoms with Crippen molar-refractivity contribution >= 4 is 11.7 Å². The highest BCUT2D eigenvalue weighted by molar-refractivity contribution is 5.97. The number of carbonyl (C=O) groups is 2. The van der Waals surface area contributed by atoms with Gasteiger partial charge in [0.1, 0.15) is 5.82 Å². The third-order valence-electron chi connectivity index (χ3n) is 2.62. The second-order valence-corrected chi connectivity index (χ2v) is 5.34. The van der Waals surface area contributed by atoms with Gasteiger partial charge in [0.25, 0.3) is 5.91 Å². The molecule has 18 heavy (non-hydrogen) atoms. The summed E-state index contributed by atoms with van der Waals surface area (Å²) in [6.07, 6.45) is 0. The molecule has 0 aliphatic heterocycles. The van der Waals surface area contributed by atoms with Crippen molar-refractivity contribution in [3.63, 3.8) is 0 Å². The summed E-state index contributed by atoms with van der Waals surface area (Å²) in [5.41, 5.74) is 0.191. The number of carbonyl (C=O) groups excluding carboxylic acids is 2. The lowest BCUT2D eigenvalue weighted by Gasteiger charge is -2.16. The molecule has 0 atom stereocenters. The Bertz CT molecular complexity index is 475. The molecule has 0 heterocycles. The Balaban J connectivity index is 2.70. The predicted octanol–water partition coefficient (Wildman–Crippen LogP) is 2.48. The molecule has 1 amide bonds. The molecule has 1 rings (SSSR count). The van der Waals surface area contributed by atoms with Gasteiger partial charge in [0.2, 0.25) is 0 Å². The Morgan fingerprint density at radius 1 is 1.28 bits per heavy atom. The largest absolute Gasteiger partial charge is 0.345 e. The molecule has 98 valence electrons. The normalized spacial score (nSPS) is 11.2. The number of ketones is 1. The van der Waals surface area contributed by atoms with Crippen LogP contribution in [0.25, 0.3) is 0 Å². The summed E-state index contributed by atoms with van der Waals surface area (Å²) in [5, 5.41) is 2.44. The van der Waals surface area contributed by atoms with Crippen molar-refractivity contribution in [2.24, 2.45) is 5.41 Å². The molecule has 1 aromatic rings. The summed E-state index contributed by atoms with van der Waals surface area (Å²) in [6, 6.07) is 4.37. The van der Waals surface area contributed by atoms with E-state index in [1.165, 1.54) is 12.1 Å². The topological polar surface area (TPSA) is 46.2 Å². The second kappa shape index (κ2) is 5.29. The van der Waals surface area contributed by atoms with Crippen molar-refractivity contribution < 1.29 is 14.0 Å². The van der Waals surface area contributed by atoms with Crippen LogP contribution in [0.5, 0.6) is 0 Å². The summed E-state index contributed by atoms with van der Waals surface area (Å²) in [6.45, 7) is 6.97. The van der Waals surface area contributed by atoms with Crippen LogP contribution in [-0.2, 0) is 4.79 Å². The molecule has 0 radical (unpaired) electrons. The summed E-state index contributed by atoms with van der Waals surface area (Å²) in [5.74, 6) is -1.23. The number of amides is 1. The number of aryl methyl sites for hydroxylation is 1. The molecule has 0 saturated heterocycles. The third-order valence-corrected chi connectivity index (χ3v) is 2.62. The Morgan fingerprint density at radius 3 is 2.39 bits per heavy atom. The minimum Gasteiger partial charge on any atom is -0.345 e. The van der Waals surface area contributed by atoms with E-state index in [9.17, 15) is 14.0 Å². The molecule has 1 N–H and O–H groups in total. The van der Waals surface area contributed by atoms with Crippen LogP contribution < -0.4 is 5.32 Å². The van der Waals surface area contributed by atoms with Gasteiger partial charge < -0.3 is 5.32 Å². The van der Waals surface area contributed by atoms with Crippen LogP contribution >= 0.6 is 0 Å². The molecule has 0 aliphatic carbocycles. The fourth-order valence-corrected chi connectivity index (χ4v) is 1.33. The fraction of sp³-hybridized carbons (Fsp3) is 0.429. The Kier molecular flexibility index (Phi) is 4.22. The second-order valence-electron chi connectivity index (χ2n) is 5.34. The molecule has 0 saturated carbocycles. The monoisotopic (exact) mass is 251 g/mol. The summed E-state index contributed by atoms with van der Waals surface area (Å²) in [4.78, 5) is 23.3. The number of nitrogens with one attached hydrogen (secondary N) is 1. The quantitative estimate of drug-likeness (QED) is 0.897. The van der Waals surface area contributed by atoms with E-state index in [1.54, 1.807) is 33.8 Å². The van der Waals surface area contributed by atoms with E-state index in [0.717, 1.165) is 5.56 Å². The van der Waals surface area contributed by atoms with E-state index in [2.05, 4.69) is 5.32 Å². The number of rotatable bonds is 3. The number of hydrogen-bond donors (Lipinski definition) is 1. The van der Waals surface area contributed by atoms with Crippen molar-refractivity contribution in [3.05, 3.63) is 35.1 Å². The van der Waals surface area contributed by atoms with Crippen molar-refractivity contribution in [2.75, 3.05) is 6.54 Å². The highest BCUT2D eigenvalue weighted by Gasteiger charge is 2.22. The van der Waals surface area contributed by atoms with Gasteiger partial charge in [-0.15, -0.1) is 0 Å². The van der Waals surface area contributed by atoms with E-state index in [-0.39, 0.29) is 17.9 Å².